The van der Waals surface area contributed by atoms with Crippen LogP contribution in [0.2, 0.25) is 0 Å². The summed E-state index contributed by atoms with van der Waals surface area (Å²) in [5.74, 6) is -0.701. The highest BCUT2D eigenvalue weighted by molar-refractivity contribution is 6.03. The Balaban J connectivity index is 2.38. The van der Waals surface area contributed by atoms with Gasteiger partial charge in [-0.1, -0.05) is 6.92 Å². The predicted molar refractivity (Wildman–Crippen MR) is 71.4 cm³/mol. The number of hydrogen-bond acceptors (Lipinski definition) is 6. The van der Waals surface area contributed by atoms with Gasteiger partial charge in [0.2, 0.25) is 5.91 Å². The number of rotatable bonds is 3. The number of esters is 1. The molecule has 7 heteroatoms. The van der Waals surface area contributed by atoms with Gasteiger partial charge in [-0.2, -0.15) is 5.10 Å². The van der Waals surface area contributed by atoms with Crippen molar-refractivity contribution in [2.75, 3.05) is 19.4 Å². The van der Waals surface area contributed by atoms with Crippen LogP contribution in [0.15, 0.2) is 12.1 Å². The number of aromatic nitrogens is 2. The van der Waals surface area contributed by atoms with Gasteiger partial charge in [0, 0.05) is 13.0 Å². The number of piperidine rings is 1. The molecule has 1 amide bonds. The summed E-state index contributed by atoms with van der Waals surface area (Å²) in [5, 5.41) is 10.4. The maximum absolute atomic E-state index is 12.3. The Bertz CT molecular complexity index is 507. The summed E-state index contributed by atoms with van der Waals surface area (Å²) in [6.07, 6.45) is 0.864. The van der Waals surface area contributed by atoms with E-state index in [2.05, 4.69) is 15.5 Å². The van der Waals surface area contributed by atoms with E-state index < -0.39 is 11.4 Å². The fourth-order valence-electron chi connectivity index (χ4n) is 2.58. The molecule has 2 atom stereocenters. The Morgan fingerprint density at radius 2 is 2.30 bits per heavy atom. The lowest BCUT2D eigenvalue weighted by molar-refractivity contribution is -0.165. The number of carbonyl (C=O) groups excluding carboxylic acids is 2. The molecule has 7 nitrogen and oxygen atoms in total. The lowest BCUT2D eigenvalue weighted by Gasteiger charge is -2.38. The van der Waals surface area contributed by atoms with Gasteiger partial charge in [0.05, 0.1) is 12.8 Å². The minimum absolute atomic E-state index is 0.136. The van der Waals surface area contributed by atoms with Crippen molar-refractivity contribution in [2.24, 2.45) is 11.3 Å². The van der Waals surface area contributed by atoms with E-state index in [-0.39, 0.29) is 18.2 Å². The van der Waals surface area contributed by atoms with Gasteiger partial charge in [0.15, 0.2) is 5.41 Å². The molecule has 1 saturated heterocycles. The van der Waals surface area contributed by atoms with Crippen LogP contribution in [0.25, 0.3) is 0 Å². The smallest absolute Gasteiger partial charge is 0.322 e. The second-order valence-electron chi connectivity index (χ2n) is 5.03. The topological polar surface area (TPSA) is 107 Å². The summed E-state index contributed by atoms with van der Waals surface area (Å²) >= 11 is 0. The highest BCUT2D eigenvalue weighted by Crippen LogP contribution is 2.37. The summed E-state index contributed by atoms with van der Waals surface area (Å²) in [5.41, 5.74) is 4.77. The monoisotopic (exact) mass is 278 g/mol. The quantitative estimate of drug-likeness (QED) is 0.591. The van der Waals surface area contributed by atoms with Crippen LogP contribution in [0.4, 0.5) is 5.82 Å². The van der Waals surface area contributed by atoms with Crippen molar-refractivity contribution < 1.29 is 14.3 Å². The molecule has 2 rings (SSSR count). The molecular weight excluding hydrogens is 260 g/mol. The van der Waals surface area contributed by atoms with Gasteiger partial charge in [0.1, 0.15) is 5.82 Å². The maximum Gasteiger partial charge on any atom is 0.322 e. The van der Waals surface area contributed by atoms with E-state index in [1.165, 1.54) is 7.11 Å². The van der Waals surface area contributed by atoms with Gasteiger partial charge in [-0.3, -0.25) is 9.59 Å². The van der Waals surface area contributed by atoms with Crippen LogP contribution in [0.5, 0.6) is 0 Å². The van der Waals surface area contributed by atoms with E-state index in [0.29, 0.717) is 24.5 Å². The van der Waals surface area contributed by atoms with Crippen LogP contribution in [0.1, 0.15) is 19.0 Å². The summed E-state index contributed by atoms with van der Waals surface area (Å²) in [6, 6.07) is 3.26. The third-order valence-electron chi connectivity index (χ3n) is 3.86. The molecular formula is C13H18N4O3. The summed E-state index contributed by atoms with van der Waals surface area (Å²) < 4.78 is 4.86. The molecule has 1 fully saturated rings. The van der Waals surface area contributed by atoms with Gasteiger partial charge in [-0.05, 0) is 24.5 Å². The number of nitrogens with one attached hydrogen (secondary N) is 1. The van der Waals surface area contributed by atoms with Gasteiger partial charge >= 0.3 is 5.97 Å². The van der Waals surface area contributed by atoms with Gasteiger partial charge in [0.25, 0.3) is 0 Å². The zero-order chi connectivity index (χ0) is 14.8. The number of ether oxygens (including phenoxy) is 1. The molecule has 3 N–H and O–H groups in total. The number of nitrogen functional groups attached to an aromatic ring is 1. The third kappa shape index (κ3) is 2.31. The molecule has 0 spiro atoms. The van der Waals surface area contributed by atoms with Crippen LogP contribution in [-0.2, 0) is 20.7 Å². The fourth-order valence-corrected chi connectivity index (χ4v) is 2.58. The average molecular weight is 278 g/mol. The number of anilines is 1. The summed E-state index contributed by atoms with van der Waals surface area (Å²) in [4.78, 5) is 24.5. The lowest BCUT2D eigenvalue weighted by atomic mass is 9.68. The minimum Gasteiger partial charge on any atom is -0.468 e. The number of methoxy groups -OCH3 is 1. The first-order chi connectivity index (χ1) is 9.50. The highest BCUT2D eigenvalue weighted by Gasteiger charge is 2.53. The Labute approximate surface area is 116 Å². The lowest BCUT2D eigenvalue weighted by Crippen LogP contribution is -2.57. The molecule has 1 aliphatic heterocycles. The molecule has 0 bridgehead atoms. The van der Waals surface area contributed by atoms with Crippen molar-refractivity contribution in [3.8, 4) is 0 Å². The second-order valence-corrected chi connectivity index (χ2v) is 5.03. The van der Waals surface area contributed by atoms with Crippen molar-refractivity contribution in [1.29, 1.82) is 0 Å². The molecule has 2 heterocycles. The van der Waals surface area contributed by atoms with Crippen LogP contribution >= 0.6 is 0 Å². The Kier molecular flexibility index (Phi) is 3.87. The predicted octanol–water partition coefficient (Wildman–Crippen LogP) is -0.0833. The Hall–Kier alpha value is -2.18. The number of amides is 1. The number of hydrogen-bond donors (Lipinski definition) is 2. The van der Waals surface area contributed by atoms with Gasteiger partial charge < -0.3 is 15.8 Å². The molecule has 1 aromatic rings. The average Bonchev–Trinajstić information content (AvgIpc) is 2.44. The zero-order valence-corrected chi connectivity index (χ0v) is 11.5. The van der Waals surface area contributed by atoms with Gasteiger partial charge in [-0.25, -0.2) is 0 Å². The molecule has 0 aromatic carbocycles. The molecule has 0 radical (unpaired) electrons. The van der Waals surface area contributed by atoms with Gasteiger partial charge in [-0.15, -0.1) is 5.10 Å². The second kappa shape index (κ2) is 5.44. The summed E-state index contributed by atoms with van der Waals surface area (Å²) in [6.45, 7) is 2.44. The van der Waals surface area contributed by atoms with Crippen molar-refractivity contribution in [1.82, 2.24) is 15.5 Å². The van der Waals surface area contributed by atoms with Crippen LogP contribution in [0, 0.1) is 11.3 Å². The van der Waals surface area contributed by atoms with E-state index in [0.717, 1.165) is 0 Å². The molecule has 2 unspecified atom stereocenters. The third-order valence-corrected chi connectivity index (χ3v) is 3.86. The standard InChI is InChI=1S/C13H18N4O3/c1-8-5-6-15-11(18)13(8,12(19)20-2)7-9-3-4-10(14)17-16-9/h3-4,8H,5-7H2,1-2H3,(H2,14,17)(H,15,18). The van der Waals surface area contributed by atoms with Crippen molar-refractivity contribution >= 4 is 17.7 Å². The zero-order valence-electron chi connectivity index (χ0n) is 11.5. The number of carbonyl (C=O) groups is 2. The molecule has 1 aliphatic rings. The van der Waals surface area contributed by atoms with Crippen LogP contribution in [0.3, 0.4) is 0 Å². The maximum atomic E-state index is 12.3. The number of nitrogens with two attached hydrogens (primary N) is 1. The molecule has 20 heavy (non-hydrogen) atoms. The van der Waals surface area contributed by atoms with Crippen LogP contribution < -0.4 is 11.1 Å². The van der Waals surface area contributed by atoms with E-state index in [4.69, 9.17) is 10.5 Å². The molecule has 0 aliphatic carbocycles. The van der Waals surface area contributed by atoms with E-state index in [1.54, 1.807) is 12.1 Å². The van der Waals surface area contributed by atoms with Crippen molar-refractivity contribution in [3.05, 3.63) is 17.8 Å². The van der Waals surface area contributed by atoms with Crippen molar-refractivity contribution in [2.45, 2.75) is 19.8 Å². The molecule has 108 valence electrons. The first kappa shape index (κ1) is 14.2. The molecule has 1 aromatic heterocycles. The highest BCUT2D eigenvalue weighted by atomic mass is 16.5. The Morgan fingerprint density at radius 3 is 2.85 bits per heavy atom. The SMILES string of the molecule is COC(=O)C1(Cc2ccc(N)nn2)C(=O)NCCC1C. The Morgan fingerprint density at radius 1 is 1.55 bits per heavy atom. The first-order valence-corrected chi connectivity index (χ1v) is 6.45. The fraction of sp³-hybridized carbons (Fsp3) is 0.538. The van der Waals surface area contributed by atoms with E-state index in [1.807, 2.05) is 6.92 Å². The number of nitrogens with zero attached hydrogens (tertiary/aromatic N) is 2. The summed E-state index contributed by atoms with van der Waals surface area (Å²) in [7, 11) is 1.29. The van der Waals surface area contributed by atoms with Crippen molar-refractivity contribution in [3.63, 3.8) is 0 Å². The largest absolute Gasteiger partial charge is 0.468 e. The minimum atomic E-state index is -1.25. The molecule has 0 saturated carbocycles. The first-order valence-electron chi connectivity index (χ1n) is 6.45. The van der Waals surface area contributed by atoms with Crippen LogP contribution in [-0.4, -0.2) is 35.7 Å². The normalized spacial score (nSPS) is 25.9. The van der Waals surface area contributed by atoms with E-state index in [9.17, 15) is 9.59 Å². The van der Waals surface area contributed by atoms with E-state index >= 15 is 0 Å².